The SMILES string of the molecule is O=C(NC1CCCCCC1)NC1CCN(C2CCCCC2O)CC1. The molecule has 0 aromatic rings. The van der Waals surface area contributed by atoms with E-state index in [1.54, 1.807) is 0 Å². The van der Waals surface area contributed by atoms with Gasteiger partial charge in [-0.1, -0.05) is 38.5 Å². The number of piperidine rings is 1. The number of nitrogens with one attached hydrogen (secondary N) is 2. The first-order chi connectivity index (χ1) is 11.7. The molecule has 3 rings (SSSR count). The predicted molar refractivity (Wildman–Crippen MR) is 96.0 cm³/mol. The highest BCUT2D eigenvalue weighted by atomic mass is 16.3. The van der Waals surface area contributed by atoms with Gasteiger partial charge in [0.05, 0.1) is 6.10 Å². The van der Waals surface area contributed by atoms with E-state index in [0.717, 1.165) is 58.0 Å². The third-order valence-corrected chi connectivity index (χ3v) is 6.22. The Bertz CT molecular complexity index is 388. The molecule has 0 radical (unpaired) electrons. The molecule has 2 amide bonds. The molecule has 1 saturated heterocycles. The topological polar surface area (TPSA) is 64.6 Å². The van der Waals surface area contributed by atoms with Gasteiger partial charge in [-0.2, -0.15) is 0 Å². The van der Waals surface area contributed by atoms with Gasteiger partial charge >= 0.3 is 6.03 Å². The predicted octanol–water partition coefficient (Wildman–Crippen LogP) is 2.78. The molecule has 2 saturated carbocycles. The summed E-state index contributed by atoms with van der Waals surface area (Å²) in [5.74, 6) is 0. The van der Waals surface area contributed by atoms with Gasteiger partial charge in [0.15, 0.2) is 0 Å². The Morgan fingerprint density at radius 2 is 1.29 bits per heavy atom. The van der Waals surface area contributed by atoms with Gasteiger partial charge in [-0.15, -0.1) is 0 Å². The molecule has 5 heteroatoms. The number of aliphatic hydroxyl groups excluding tert-OH is 1. The lowest BCUT2D eigenvalue weighted by molar-refractivity contribution is 0.00775. The number of carbonyl (C=O) groups excluding carboxylic acids is 1. The Hall–Kier alpha value is -0.810. The van der Waals surface area contributed by atoms with Crippen molar-refractivity contribution in [2.24, 2.45) is 0 Å². The van der Waals surface area contributed by atoms with E-state index >= 15 is 0 Å². The first-order valence-corrected chi connectivity index (χ1v) is 10.2. The summed E-state index contributed by atoms with van der Waals surface area (Å²) < 4.78 is 0. The first-order valence-electron chi connectivity index (χ1n) is 10.2. The Labute approximate surface area is 146 Å². The van der Waals surface area contributed by atoms with E-state index in [2.05, 4.69) is 15.5 Å². The Kier molecular flexibility index (Phi) is 6.78. The van der Waals surface area contributed by atoms with E-state index in [0.29, 0.717) is 12.1 Å². The summed E-state index contributed by atoms with van der Waals surface area (Å²) in [5.41, 5.74) is 0. The minimum Gasteiger partial charge on any atom is -0.391 e. The molecule has 3 N–H and O–H groups in total. The van der Waals surface area contributed by atoms with Crippen LogP contribution in [0.25, 0.3) is 0 Å². The van der Waals surface area contributed by atoms with Crippen molar-refractivity contribution in [3.63, 3.8) is 0 Å². The van der Waals surface area contributed by atoms with Crippen molar-refractivity contribution in [1.29, 1.82) is 0 Å². The van der Waals surface area contributed by atoms with Crippen LogP contribution in [0.3, 0.4) is 0 Å². The molecule has 3 aliphatic rings. The van der Waals surface area contributed by atoms with E-state index < -0.39 is 0 Å². The maximum atomic E-state index is 12.3. The molecule has 0 aromatic heterocycles. The van der Waals surface area contributed by atoms with Crippen molar-refractivity contribution < 1.29 is 9.90 Å². The summed E-state index contributed by atoms with van der Waals surface area (Å²) in [6, 6.07) is 1.02. The molecule has 24 heavy (non-hydrogen) atoms. The van der Waals surface area contributed by atoms with E-state index in [1.807, 2.05) is 0 Å². The molecule has 2 aliphatic carbocycles. The van der Waals surface area contributed by atoms with Crippen molar-refractivity contribution in [3.05, 3.63) is 0 Å². The lowest BCUT2D eigenvalue weighted by Gasteiger charge is -2.41. The molecular weight excluding hydrogens is 302 g/mol. The normalized spacial score (nSPS) is 31.4. The van der Waals surface area contributed by atoms with Crippen LogP contribution < -0.4 is 10.6 Å². The second-order valence-corrected chi connectivity index (χ2v) is 8.04. The van der Waals surface area contributed by atoms with Crippen LogP contribution >= 0.6 is 0 Å². The number of urea groups is 1. The summed E-state index contributed by atoms with van der Waals surface area (Å²) in [6.07, 6.45) is 13.7. The van der Waals surface area contributed by atoms with Crippen molar-refractivity contribution >= 4 is 6.03 Å². The zero-order valence-corrected chi connectivity index (χ0v) is 15.0. The maximum absolute atomic E-state index is 12.3. The summed E-state index contributed by atoms with van der Waals surface area (Å²) in [7, 11) is 0. The Morgan fingerprint density at radius 1 is 0.750 bits per heavy atom. The van der Waals surface area contributed by atoms with Crippen molar-refractivity contribution in [3.8, 4) is 0 Å². The highest BCUT2D eigenvalue weighted by Gasteiger charge is 2.31. The standard InChI is InChI=1S/C19H35N3O2/c23-18-10-6-5-9-17(18)22-13-11-16(12-14-22)21-19(24)20-15-7-3-1-2-4-8-15/h15-18,23H,1-14H2,(H2,20,21,24). The summed E-state index contributed by atoms with van der Waals surface area (Å²) >= 11 is 0. The zero-order chi connectivity index (χ0) is 16.8. The fourth-order valence-corrected chi connectivity index (χ4v) is 4.73. The lowest BCUT2D eigenvalue weighted by Crippen LogP contribution is -2.54. The largest absolute Gasteiger partial charge is 0.391 e. The molecule has 2 atom stereocenters. The number of hydrogen-bond donors (Lipinski definition) is 3. The van der Waals surface area contributed by atoms with Crippen LogP contribution in [0, 0.1) is 0 Å². The second-order valence-electron chi connectivity index (χ2n) is 8.04. The van der Waals surface area contributed by atoms with Gasteiger partial charge in [0.2, 0.25) is 0 Å². The van der Waals surface area contributed by atoms with E-state index in [1.165, 1.54) is 32.1 Å². The van der Waals surface area contributed by atoms with Crippen LogP contribution in [0.4, 0.5) is 4.79 Å². The second kappa shape index (κ2) is 9.04. The van der Waals surface area contributed by atoms with Gasteiger partial charge in [0.25, 0.3) is 0 Å². The van der Waals surface area contributed by atoms with Crippen LogP contribution in [0.1, 0.15) is 77.0 Å². The smallest absolute Gasteiger partial charge is 0.315 e. The van der Waals surface area contributed by atoms with Crippen molar-refractivity contribution in [1.82, 2.24) is 15.5 Å². The van der Waals surface area contributed by atoms with Crippen LogP contribution in [0.15, 0.2) is 0 Å². The van der Waals surface area contributed by atoms with Crippen LogP contribution in [0.2, 0.25) is 0 Å². The molecule has 0 aromatic carbocycles. The van der Waals surface area contributed by atoms with Gasteiger partial charge in [0, 0.05) is 31.2 Å². The third-order valence-electron chi connectivity index (χ3n) is 6.22. The van der Waals surface area contributed by atoms with Crippen molar-refractivity contribution in [2.45, 2.75) is 101 Å². The summed E-state index contributed by atoms with van der Waals surface area (Å²) in [6.45, 7) is 1.99. The van der Waals surface area contributed by atoms with E-state index in [-0.39, 0.29) is 18.2 Å². The minimum atomic E-state index is -0.151. The highest BCUT2D eigenvalue weighted by Crippen LogP contribution is 2.26. The molecule has 3 fully saturated rings. The van der Waals surface area contributed by atoms with Gasteiger partial charge < -0.3 is 15.7 Å². The van der Waals surface area contributed by atoms with Crippen LogP contribution in [-0.2, 0) is 0 Å². The van der Waals surface area contributed by atoms with Crippen LogP contribution in [-0.4, -0.2) is 53.4 Å². The average Bonchev–Trinajstić information content (AvgIpc) is 2.85. The molecule has 138 valence electrons. The first kappa shape index (κ1) is 18.0. The molecular formula is C19H35N3O2. The van der Waals surface area contributed by atoms with Crippen LogP contribution in [0.5, 0.6) is 0 Å². The van der Waals surface area contributed by atoms with E-state index in [4.69, 9.17) is 0 Å². The third kappa shape index (κ3) is 5.09. The van der Waals surface area contributed by atoms with Gasteiger partial charge in [-0.05, 0) is 38.5 Å². The summed E-state index contributed by atoms with van der Waals surface area (Å²) in [4.78, 5) is 14.7. The minimum absolute atomic E-state index is 0.0260. The number of amides is 2. The van der Waals surface area contributed by atoms with Crippen molar-refractivity contribution in [2.75, 3.05) is 13.1 Å². The summed E-state index contributed by atoms with van der Waals surface area (Å²) in [5, 5.41) is 16.6. The Balaban J connectivity index is 1.37. The highest BCUT2D eigenvalue weighted by molar-refractivity contribution is 5.74. The quantitative estimate of drug-likeness (QED) is 0.694. The molecule has 0 spiro atoms. The molecule has 2 unspecified atom stereocenters. The molecule has 1 aliphatic heterocycles. The number of aliphatic hydroxyl groups is 1. The van der Waals surface area contributed by atoms with Gasteiger partial charge in [-0.25, -0.2) is 4.79 Å². The number of hydrogen-bond acceptors (Lipinski definition) is 3. The number of rotatable bonds is 3. The molecule has 5 nitrogen and oxygen atoms in total. The fraction of sp³-hybridized carbons (Fsp3) is 0.947. The monoisotopic (exact) mass is 337 g/mol. The maximum Gasteiger partial charge on any atom is 0.315 e. The molecule has 1 heterocycles. The average molecular weight is 338 g/mol. The fourth-order valence-electron chi connectivity index (χ4n) is 4.73. The van der Waals surface area contributed by atoms with Gasteiger partial charge in [0.1, 0.15) is 0 Å². The van der Waals surface area contributed by atoms with Gasteiger partial charge in [-0.3, -0.25) is 4.90 Å². The number of carbonyl (C=O) groups is 1. The van der Waals surface area contributed by atoms with E-state index in [9.17, 15) is 9.90 Å². The number of likely N-dealkylation sites (tertiary alicyclic amines) is 1. The zero-order valence-electron chi connectivity index (χ0n) is 15.0. The lowest BCUT2D eigenvalue weighted by atomic mass is 9.89. The Morgan fingerprint density at radius 3 is 1.92 bits per heavy atom. The molecule has 0 bridgehead atoms. The number of nitrogens with zero attached hydrogens (tertiary/aromatic N) is 1.